The van der Waals surface area contributed by atoms with Crippen molar-refractivity contribution in [2.75, 3.05) is 6.26 Å². The summed E-state index contributed by atoms with van der Waals surface area (Å²) in [7, 11) is 0. The van der Waals surface area contributed by atoms with Gasteiger partial charge in [0, 0.05) is 0 Å². The highest BCUT2D eigenvalue weighted by Crippen LogP contribution is 2.24. The Hall–Kier alpha value is -0.500. The van der Waals surface area contributed by atoms with E-state index in [2.05, 4.69) is 24.0 Å². The second kappa shape index (κ2) is 3.62. The van der Waals surface area contributed by atoms with Crippen LogP contribution in [0.3, 0.4) is 0 Å². The molecular weight excluding hydrogens is 142 g/mol. The molecule has 0 aliphatic heterocycles. The monoisotopic (exact) mass is 153 g/mol. The summed E-state index contributed by atoms with van der Waals surface area (Å²) in [5.74, 6) is 0. The number of aliphatic imine (C=N–C) groups is 1. The SMILES string of the molecule is C=NC1=CC=CCC1SC. The van der Waals surface area contributed by atoms with E-state index < -0.39 is 0 Å². The molecule has 0 amide bonds. The molecule has 0 radical (unpaired) electrons. The molecule has 0 saturated heterocycles. The van der Waals surface area contributed by atoms with Gasteiger partial charge < -0.3 is 0 Å². The van der Waals surface area contributed by atoms with Crippen LogP contribution in [0.4, 0.5) is 0 Å². The normalized spacial score (nSPS) is 24.1. The van der Waals surface area contributed by atoms with E-state index in [1.807, 2.05) is 23.9 Å². The number of hydrogen-bond acceptors (Lipinski definition) is 2. The average Bonchev–Trinajstić information content (AvgIpc) is 2.04. The maximum atomic E-state index is 3.94. The van der Waals surface area contributed by atoms with E-state index in [9.17, 15) is 0 Å². The van der Waals surface area contributed by atoms with E-state index in [0.717, 1.165) is 12.1 Å². The molecular formula is C8H11NS. The zero-order valence-electron chi connectivity index (χ0n) is 6.08. The summed E-state index contributed by atoms with van der Waals surface area (Å²) in [5, 5.41) is 0.530. The highest BCUT2D eigenvalue weighted by molar-refractivity contribution is 7.99. The molecule has 1 aliphatic carbocycles. The van der Waals surface area contributed by atoms with Gasteiger partial charge in [0.25, 0.3) is 0 Å². The van der Waals surface area contributed by atoms with Crippen LogP contribution in [0.25, 0.3) is 0 Å². The Labute approximate surface area is 65.9 Å². The van der Waals surface area contributed by atoms with E-state index in [-0.39, 0.29) is 0 Å². The Morgan fingerprint density at radius 2 is 2.60 bits per heavy atom. The fourth-order valence-corrected chi connectivity index (χ4v) is 1.67. The minimum atomic E-state index is 0.530. The first-order valence-corrected chi connectivity index (χ1v) is 4.53. The third-order valence-corrected chi connectivity index (χ3v) is 2.55. The fourth-order valence-electron chi connectivity index (χ4n) is 0.968. The molecule has 0 heterocycles. The molecule has 1 nitrogen and oxygen atoms in total. The van der Waals surface area contributed by atoms with Gasteiger partial charge in [0.15, 0.2) is 0 Å². The fraction of sp³-hybridized carbons (Fsp3) is 0.375. The summed E-state index contributed by atoms with van der Waals surface area (Å²) in [5.41, 5.74) is 1.11. The van der Waals surface area contributed by atoms with E-state index in [4.69, 9.17) is 0 Å². The van der Waals surface area contributed by atoms with Crippen molar-refractivity contribution in [2.24, 2.45) is 4.99 Å². The van der Waals surface area contributed by atoms with Crippen molar-refractivity contribution in [3.63, 3.8) is 0 Å². The zero-order valence-corrected chi connectivity index (χ0v) is 6.90. The molecule has 1 atom stereocenters. The first-order chi connectivity index (χ1) is 4.88. The quantitative estimate of drug-likeness (QED) is 0.554. The van der Waals surface area contributed by atoms with E-state index in [0.29, 0.717) is 5.25 Å². The lowest BCUT2D eigenvalue weighted by molar-refractivity contribution is 0.970. The van der Waals surface area contributed by atoms with Crippen LogP contribution in [0.15, 0.2) is 28.9 Å². The first-order valence-electron chi connectivity index (χ1n) is 3.24. The van der Waals surface area contributed by atoms with Gasteiger partial charge in [-0.25, -0.2) is 0 Å². The van der Waals surface area contributed by atoms with Crippen molar-refractivity contribution >= 4 is 18.5 Å². The van der Waals surface area contributed by atoms with Gasteiger partial charge in [0.1, 0.15) is 0 Å². The molecule has 0 aromatic rings. The largest absolute Gasteiger partial charge is 0.268 e. The van der Waals surface area contributed by atoms with Crippen molar-refractivity contribution in [1.29, 1.82) is 0 Å². The van der Waals surface area contributed by atoms with Gasteiger partial charge in [-0.3, -0.25) is 4.99 Å². The molecule has 2 heteroatoms. The standard InChI is InChI=1S/C8H11NS/c1-9-7-5-3-4-6-8(7)10-2/h3-5,8H,1,6H2,2H3. The average molecular weight is 153 g/mol. The van der Waals surface area contributed by atoms with Gasteiger partial charge >= 0.3 is 0 Å². The predicted octanol–water partition coefficient (Wildman–Crippen LogP) is 2.26. The van der Waals surface area contributed by atoms with Gasteiger partial charge in [-0.2, -0.15) is 11.8 Å². The maximum Gasteiger partial charge on any atom is 0.0529 e. The van der Waals surface area contributed by atoms with Gasteiger partial charge in [-0.05, 0) is 25.5 Å². The Kier molecular flexibility index (Phi) is 2.75. The molecule has 0 saturated carbocycles. The summed E-state index contributed by atoms with van der Waals surface area (Å²) in [6.07, 6.45) is 9.42. The van der Waals surface area contributed by atoms with Gasteiger partial charge in [0.05, 0.1) is 10.9 Å². The molecule has 1 rings (SSSR count). The molecule has 1 unspecified atom stereocenters. The number of thioether (sulfide) groups is 1. The molecule has 0 bridgehead atoms. The van der Waals surface area contributed by atoms with Crippen LogP contribution in [0, 0.1) is 0 Å². The summed E-state index contributed by atoms with van der Waals surface area (Å²) >= 11 is 1.83. The Morgan fingerprint density at radius 1 is 1.80 bits per heavy atom. The van der Waals surface area contributed by atoms with Gasteiger partial charge in [-0.1, -0.05) is 12.2 Å². The summed E-state index contributed by atoms with van der Waals surface area (Å²) in [6.45, 7) is 3.52. The topological polar surface area (TPSA) is 12.4 Å². The third-order valence-electron chi connectivity index (χ3n) is 1.55. The van der Waals surface area contributed by atoms with Crippen LogP contribution in [-0.4, -0.2) is 18.2 Å². The number of allylic oxidation sites excluding steroid dienone is 3. The van der Waals surface area contributed by atoms with Crippen LogP contribution in [0.5, 0.6) is 0 Å². The van der Waals surface area contributed by atoms with Crippen LogP contribution in [0.2, 0.25) is 0 Å². The van der Waals surface area contributed by atoms with Crippen LogP contribution >= 0.6 is 11.8 Å². The van der Waals surface area contributed by atoms with Crippen LogP contribution in [0.1, 0.15) is 6.42 Å². The minimum absolute atomic E-state index is 0.530. The molecule has 0 spiro atoms. The van der Waals surface area contributed by atoms with Crippen molar-refractivity contribution in [2.45, 2.75) is 11.7 Å². The Balaban J connectivity index is 2.70. The lowest BCUT2D eigenvalue weighted by Gasteiger charge is -2.14. The molecule has 0 fully saturated rings. The molecule has 0 N–H and O–H groups in total. The molecule has 0 aromatic carbocycles. The first kappa shape index (κ1) is 7.61. The van der Waals surface area contributed by atoms with Crippen molar-refractivity contribution in [3.8, 4) is 0 Å². The maximum absolute atomic E-state index is 3.94. The van der Waals surface area contributed by atoms with Crippen molar-refractivity contribution in [1.82, 2.24) is 0 Å². The van der Waals surface area contributed by atoms with E-state index in [1.54, 1.807) is 0 Å². The predicted molar refractivity (Wildman–Crippen MR) is 48.7 cm³/mol. The van der Waals surface area contributed by atoms with Gasteiger partial charge in [0.2, 0.25) is 0 Å². The minimum Gasteiger partial charge on any atom is -0.268 e. The van der Waals surface area contributed by atoms with E-state index in [1.165, 1.54) is 0 Å². The summed E-state index contributed by atoms with van der Waals surface area (Å²) < 4.78 is 0. The zero-order chi connectivity index (χ0) is 7.40. The van der Waals surface area contributed by atoms with E-state index >= 15 is 0 Å². The second-order valence-electron chi connectivity index (χ2n) is 2.14. The molecule has 0 aromatic heterocycles. The summed E-state index contributed by atoms with van der Waals surface area (Å²) in [6, 6.07) is 0. The molecule has 10 heavy (non-hydrogen) atoms. The van der Waals surface area contributed by atoms with Crippen molar-refractivity contribution < 1.29 is 0 Å². The highest BCUT2D eigenvalue weighted by atomic mass is 32.2. The van der Waals surface area contributed by atoms with Crippen LogP contribution in [-0.2, 0) is 0 Å². The number of hydrogen-bond donors (Lipinski definition) is 0. The lowest BCUT2D eigenvalue weighted by Crippen LogP contribution is -2.05. The van der Waals surface area contributed by atoms with Crippen LogP contribution < -0.4 is 0 Å². The third kappa shape index (κ3) is 1.51. The summed E-state index contributed by atoms with van der Waals surface area (Å²) in [4.78, 5) is 3.94. The highest BCUT2D eigenvalue weighted by Gasteiger charge is 2.11. The Bertz CT molecular complexity index is 182. The Morgan fingerprint density at radius 3 is 3.10 bits per heavy atom. The molecule has 54 valence electrons. The second-order valence-corrected chi connectivity index (χ2v) is 3.18. The molecule has 1 aliphatic rings. The smallest absolute Gasteiger partial charge is 0.0529 e. The number of rotatable bonds is 2. The van der Waals surface area contributed by atoms with Gasteiger partial charge in [-0.15, -0.1) is 0 Å². The lowest BCUT2D eigenvalue weighted by atomic mass is 10.1. The number of nitrogens with zero attached hydrogens (tertiary/aromatic N) is 1. The van der Waals surface area contributed by atoms with Crippen molar-refractivity contribution in [3.05, 3.63) is 23.9 Å².